The zero-order valence-corrected chi connectivity index (χ0v) is 13.2. The van der Waals surface area contributed by atoms with Crippen LogP contribution < -0.4 is 11.0 Å². The highest BCUT2D eigenvalue weighted by Crippen LogP contribution is 2.20. The van der Waals surface area contributed by atoms with Gasteiger partial charge in [-0.3, -0.25) is 0 Å². The van der Waals surface area contributed by atoms with Gasteiger partial charge in [0.05, 0.1) is 16.6 Å². The SMILES string of the molecule is CC(C)CC(C)(O)CNC(C)c1ccc2[nH]c(=O)[nH]c2c1. The first kappa shape index (κ1) is 15.8. The van der Waals surface area contributed by atoms with Gasteiger partial charge >= 0.3 is 5.69 Å². The maximum absolute atomic E-state index is 11.3. The first-order valence-electron chi connectivity index (χ1n) is 7.44. The molecule has 1 aromatic heterocycles. The number of aromatic amines is 2. The van der Waals surface area contributed by atoms with Crippen LogP contribution in [-0.4, -0.2) is 27.2 Å². The summed E-state index contributed by atoms with van der Waals surface area (Å²) >= 11 is 0. The second-order valence-corrected chi connectivity index (χ2v) is 6.58. The van der Waals surface area contributed by atoms with E-state index in [2.05, 4.69) is 36.1 Å². The number of fused-ring (bicyclic) bond motifs is 1. The Kier molecular flexibility index (Phi) is 4.54. The zero-order valence-electron chi connectivity index (χ0n) is 13.2. The molecule has 4 N–H and O–H groups in total. The number of imidazole rings is 1. The Labute approximate surface area is 124 Å². The number of hydrogen-bond acceptors (Lipinski definition) is 3. The van der Waals surface area contributed by atoms with Gasteiger partial charge in [-0.2, -0.15) is 0 Å². The quantitative estimate of drug-likeness (QED) is 0.659. The number of nitrogens with one attached hydrogen (secondary N) is 3. The molecule has 5 heteroatoms. The fourth-order valence-corrected chi connectivity index (χ4v) is 2.76. The fraction of sp³-hybridized carbons (Fsp3) is 0.562. The highest BCUT2D eigenvalue weighted by atomic mass is 16.3. The van der Waals surface area contributed by atoms with Crippen LogP contribution in [0.3, 0.4) is 0 Å². The zero-order chi connectivity index (χ0) is 15.6. The van der Waals surface area contributed by atoms with Crippen molar-refractivity contribution in [2.75, 3.05) is 6.54 Å². The van der Waals surface area contributed by atoms with Gasteiger partial charge in [0.2, 0.25) is 0 Å². The summed E-state index contributed by atoms with van der Waals surface area (Å²) in [5.74, 6) is 0.457. The molecule has 0 saturated carbocycles. The molecule has 0 fully saturated rings. The van der Waals surface area contributed by atoms with Crippen molar-refractivity contribution in [3.05, 3.63) is 34.2 Å². The van der Waals surface area contributed by atoms with Gasteiger partial charge in [-0.05, 0) is 43.9 Å². The standard InChI is InChI=1S/C16H25N3O2/c1-10(2)8-16(4,21)9-17-11(3)12-5-6-13-14(7-12)19-15(20)18-13/h5-7,10-11,17,21H,8-9H2,1-4H3,(H2,18,19,20). The van der Waals surface area contributed by atoms with Gasteiger partial charge in [0.1, 0.15) is 0 Å². The molecule has 1 aromatic carbocycles. The van der Waals surface area contributed by atoms with Gasteiger partial charge in [-0.25, -0.2) is 4.79 Å². The third-order valence-electron chi connectivity index (χ3n) is 3.68. The molecule has 2 atom stereocenters. The normalized spacial score (nSPS) is 16.3. The molecule has 21 heavy (non-hydrogen) atoms. The molecule has 0 saturated heterocycles. The molecule has 0 bridgehead atoms. The van der Waals surface area contributed by atoms with E-state index in [0.29, 0.717) is 12.5 Å². The molecule has 5 nitrogen and oxygen atoms in total. The Morgan fingerprint density at radius 2 is 1.90 bits per heavy atom. The van der Waals surface area contributed by atoms with E-state index in [1.807, 2.05) is 25.1 Å². The second kappa shape index (κ2) is 6.03. The molecule has 0 spiro atoms. The van der Waals surface area contributed by atoms with E-state index in [-0.39, 0.29) is 11.7 Å². The van der Waals surface area contributed by atoms with E-state index in [1.165, 1.54) is 0 Å². The highest BCUT2D eigenvalue weighted by molar-refractivity contribution is 5.75. The Hall–Kier alpha value is -1.59. The van der Waals surface area contributed by atoms with Crippen LogP contribution in [0.2, 0.25) is 0 Å². The van der Waals surface area contributed by atoms with Crippen molar-refractivity contribution in [3.63, 3.8) is 0 Å². The van der Waals surface area contributed by atoms with Crippen molar-refractivity contribution in [1.29, 1.82) is 0 Å². The number of H-pyrrole nitrogens is 2. The summed E-state index contributed by atoms with van der Waals surface area (Å²) < 4.78 is 0. The molecule has 2 aromatic rings. The first-order chi connectivity index (χ1) is 9.77. The second-order valence-electron chi connectivity index (χ2n) is 6.58. The van der Waals surface area contributed by atoms with E-state index in [0.717, 1.165) is 23.0 Å². The molecule has 1 heterocycles. The molecular formula is C16H25N3O2. The summed E-state index contributed by atoms with van der Waals surface area (Å²) in [5.41, 5.74) is 1.79. The maximum atomic E-state index is 11.3. The van der Waals surface area contributed by atoms with Gasteiger partial charge in [0.25, 0.3) is 0 Å². The van der Waals surface area contributed by atoms with E-state index < -0.39 is 5.60 Å². The van der Waals surface area contributed by atoms with Crippen molar-refractivity contribution in [2.24, 2.45) is 5.92 Å². The lowest BCUT2D eigenvalue weighted by molar-refractivity contribution is 0.0363. The third-order valence-corrected chi connectivity index (χ3v) is 3.68. The van der Waals surface area contributed by atoms with Crippen molar-refractivity contribution < 1.29 is 5.11 Å². The lowest BCUT2D eigenvalue weighted by Crippen LogP contribution is -2.39. The van der Waals surface area contributed by atoms with Crippen LogP contribution in [0.25, 0.3) is 11.0 Å². The average Bonchev–Trinajstić information content (AvgIpc) is 2.73. The van der Waals surface area contributed by atoms with Crippen LogP contribution in [0.4, 0.5) is 0 Å². The minimum Gasteiger partial charge on any atom is -0.389 e. The van der Waals surface area contributed by atoms with Crippen LogP contribution in [-0.2, 0) is 0 Å². The Balaban J connectivity index is 2.04. The van der Waals surface area contributed by atoms with E-state index in [4.69, 9.17) is 0 Å². The number of aliphatic hydroxyl groups is 1. The largest absolute Gasteiger partial charge is 0.389 e. The number of benzene rings is 1. The molecule has 2 unspecified atom stereocenters. The van der Waals surface area contributed by atoms with Crippen LogP contribution in [0.1, 0.15) is 45.7 Å². The van der Waals surface area contributed by atoms with Crippen molar-refractivity contribution in [3.8, 4) is 0 Å². The minimum absolute atomic E-state index is 0.103. The molecule has 0 radical (unpaired) electrons. The lowest BCUT2D eigenvalue weighted by Gasteiger charge is -2.27. The fourth-order valence-electron chi connectivity index (χ4n) is 2.76. The Morgan fingerprint density at radius 1 is 1.24 bits per heavy atom. The molecule has 0 aliphatic carbocycles. The van der Waals surface area contributed by atoms with Crippen LogP contribution in [0.15, 0.2) is 23.0 Å². The van der Waals surface area contributed by atoms with Crippen molar-refractivity contribution >= 4 is 11.0 Å². The number of hydrogen-bond donors (Lipinski definition) is 4. The van der Waals surface area contributed by atoms with E-state index in [1.54, 1.807) is 0 Å². The number of aromatic nitrogens is 2. The summed E-state index contributed by atoms with van der Waals surface area (Å²) in [6.45, 7) is 8.66. The molecule has 0 aliphatic rings. The number of rotatable bonds is 6. The summed E-state index contributed by atoms with van der Waals surface area (Å²) in [6, 6.07) is 5.95. The Morgan fingerprint density at radius 3 is 2.57 bits per heavy atom. The van der Waals surface area contributed by atoms with Crippen LogP contribution in [0, 0.1) is 5.92 Å². The maximum Gasteiger partial charge on any atom is 0.323 e. The smallest absolute Gasteiger partial charge is 0.323 e. The lowest BCUT2D eigenvalue weighted by atomic mass is 9.94. The van der Waals surface area contributed by atoms with Crippen molar-refractivity contribution in [1.82, 2.24) is 15.3 Å². The predicted molar refractivity (Wildman–Crippen MR) is 85.4 cm³/mol. The van der Waals surface area contributed by atoms with E-state index in [9.17, 15) is 9.90 Å². The van der Waals surface area contributed by atoms with Crippen LogP contribution in [0.5, 0.6) is 0 Å². The Bertz CT molecular complexity index is 655. The molecule has 116 valence electrons. The first-order valence-corrected chi connectivity index (χ1v) is 7.44. The topological polar surface area (TPSA) is 80.9 Å². The summed E-state index contributed by atoms with van der Waals surface area (Å²) in [4.78, 5) is 16.8. The predicted octanol–water partition coefficient (Wildman–Crippen LogP) is 2.30. The van der Waals surface area contributed by atoms with Gasteiger partial charge in [0, 0.05) is 12.6 Å². The van der Waals surface area contributed by atoms with Gasteiger partial charge < -0.3 is 20.4 Å². The van der Waals surface area contributed by atoms with E-state index >= 15 is 0 Å². The summed E-state index contributed by atoms with van der Waals surface area (Å²) in [6.07, 6.45) is 0.761. The van der Waals surface area contributed by atoms with Gasteiger partial charge in [0.15, 0.2) is 0 Å². The minimum atomic E-state index is -0.713. The monoisotopic (exact) mass is 291 g/mol. The molecule has 0 amide bonds. The molecule has 0 aliphatic heterocycles. The summed E-state index contributed by atoms with van der Waals surface area (Å²) in [5, 5.41) is 13.7. The van der Waals surface area contributed by atoms with Crippen LogP contribution >= 0.6 is 0 Å². The third kappa shape index (κ3) is 4.19. The summed E-state index contributed by atoms with van der Waals surface area (Å²) in [7, 11) is 0. The highest BCUT2D eigenvalue weighted by Gasteiger charge is 2.22. The molecule has 2 rings (SSSR count). The van der Waals surface area contributed by atoms with Gasteiger partial charge in [-0.1, -0.05) is 19.9 Å². The van der Waals surface area contributed by atoms with Gasteiger partial charge in [-0.15, -0.1) is 0 Å². The molecular weight excluding hydrogens is 266 g/mol. The van der Waals surface area contributed by atoms with Crippen molar-refractivity contribution in [2.45, 2.75) is 45.8 Å². The average molecular weight is 291 g/mol.